The molecule has 0 radical (unpaired) electrons. The molecule has 1 aromatic heterocycles. The molecule has 0 bridgehead atoms. The third-order valence-corrected chi connectivity index (χ3v) is 4.14. The topological polar surface area (TPSA) is 58.6 Å². The van der Waals surface area contributed by atoms with E-state index >= 15 is 0 Å². The highest BCUT2D eigenvalue weighted by molar-refractivity contribution is 5.94. The minimum absolute atomic E-state index is 0.240. The van der Waals surface area contributed by atoms with Crippen LogP contribution in [0.5, 0.6) is 5.88 Å². The molecule has 0 spiro atoms. The minimum atomic E-state index is -4.41. The number of benzene rings is 1. The van der Waals surface area contributed by atoms with E-state index in [1.165, 1.54) is 19.2 Å². The van der Waals surface area contributed by atoms with Crippen molar-refractivity contribution in [1.29, 1.82) is 0 Å². The van der Waals surface area contributed by atoms with Crippen LogP contribution in [-0.2, 0) is 6.18 Å². The Hall–Kier alpha value is -2.84. The van der Waals surface area contributed by atoms with E-state index in [0.717, 1.165) is 12.1 Å². The first-order chi connectivity index (χ1) is 12.4. The summed E-state index contributed by atoms with van der Waals surface area (Å²) in [7, 11) is 1.52. The third kappa shape index (κ3) is 3.87. The first-order valence-corrected chi connectivity index (χ1v) is 7.97. The molecule has 3 rings (SSSR count). The molecule has 0 N–H and O–H groups in total. The standard InChI is InChI=1S/C17H17F3N4O2/c1-26-14-6-7-21-16(22-14)24-10-8-23(9-11-24)15(25)12-2-4-13(5-3-12)17(18,19)20/h2-7H,8-11H2,1H3. The highest BCUT2D eigenvalue weighted by Crippen LogP contribution is 2.29. The summed E-state index contributed by atoms with van der Waals surface area (Å²) in [6.07, 6.45) is -2.81. The lowest BCUT2D eigenvalue weighted by Crippen LogP contribution is -2.49. The molecule has 2 aromatic rings. The van der Waals surface area contributed by atoms with Crippen molar-refractivity contribution < 1.29 is 22.7 Å². The van der Waals surface area contributed by atoms with Gasteiger partial charge in [-0.25, -0.2) is 4.98 Å². The van der Waals surface area contributed by atoms with Gasteiger partial charge in [0.15, 0.2) is 0 Å². The number of ether oxygens (including phenoxy) is 1. The zero-order valence-corrected chi connectivity index (χ0v) is 14.0. The number of nitrogens with zero attached hydrogens (tertiary/aromatic N) is 4. The molecule has 2 heterocycles. The summed E-state index contributed by atoms with van der Waals surface area (Å²) in [5, 5.41) is 0. The van der Waals surface area contributed by atoms with Gasteiger partial charge in [-0.3, -0.25) is 4.79 Å². The Labute approximate surface area is 148 Å². The van der Waals surface area contributed by atoms with Gasteiger partial charge >= 0.3 is 6.18 Å². The fourth-order valence-electron chi connectivity index (χ4n) is 2.69. The molecule has 6 nitrogen and oxygen atoms in total. The average Bonchev–Trinajstić information content (AvgIpc) is 2.67. The van der Waals surface area contributed by atoms with Gasteiger partial charge in [0.25, 0.3) is 5.91 Å². The number of carbonyl (C=O) groups is 1. The lowest BCUT2D eigenvalue weighted by molar-refractivity contribution is -0.137. The van der Waals surface area contributed by atoms with E-state index in [0.29, 0.717) is 38.0 Å². The molecule has 1 amide bonds. The van der Waals surface area contributed by atoms with E-state index < -0.39 is 11.7 Å². The van der Waals surface area contributed by atoms with Gasteiger partial charge in [-0.15, -0.1) is 0 Å². The van der Waals surface area contributed by atoms with Gasteiger partial charge in [0.05, 0.1) is 12.7 Å². The van der Waals surface area contributed by atoms with Crippen LogP contribution in [-0.4, -0.2) is 54.1 Å². The van der Waals surface area contributed by atoms with Crippen LogP contribution in [0.4, 0.5) is 19.1 Å². The van der Waals surface area contributed by atoms with Crippen molar-refractivity contribution in [2.45, 2.75) is 6.18 Å². The Balaban J connectivity index is 1.63. The number of carbonyl (C=O) groups excluding carboxylic acids is 1. The normalized spacial score (nSPS) is 15.1. The van der Waals surface area contributed by atoms with Crippen LogP contribution >= 0.6 is 0 Å². The number of anilines is 1. The van der Waals surface area contributed by atoms with Crippen LogP contribution in [0.3, 0.4) is 0 Å². The second-order valence-electron chi connectivity index (χ2n) is 5.75. The van der Waals surface area contributed by atoms with Crippen molar-refractivity contribution in [1.82, 2.24) is 14.9 Å². The Bertz CT molecular complexity index is 772. The van der Waals surface area contributed by atoms with E-state index in [1.807, 2.05) is 4.90 Å². The maximum atomic E-state index is 12.6. The number of methoxy groups -OCH3 is 1. The zero-order valence-electron chi connectivity index (χ0n) is 14.0. The predicted molar refractivity (Wildman–Crippen MR) is 88.1 cm³/mol. The molecule has 1 fully saturated rings. The largest absolute Gasteiger partial charge is 0.481 e. The second-order valence-corrected chi connectivity index (χ2v) is 5.75. The summed E-state index contributed by atoms with van der Waals surface area (Å²) in [4.78, 5) is 24.5. The molecule has 9 heteroatoms. The molecule has 138 valence electrons. The maximum Gasteiger partial charge on any atom is 0.416 e. The monoisotopic (exact) mass is 366 g/mol. The van der Waals surface area contributed by atoms with Crippen LogP contribution in [0.25, 0.3) is 0 Å². The molecule has 0 unspecified atom stereocenters. The van der Waals surface area contributed by atoms with Gasteiger partial charge in [0.1, 0.15) is 0 Å². The van der Waals surface area contributed by atoms with E-state index in [2.05, 4.69) is 9.97 Å². The molecule has 1 aliphatic heterocycles. The summed E-state index contributed by atoms with van der Waals surface area (Å²) in [6.45, 7) is 1.92. The fraction of sp³-hybridized carbons (Fsp3) is 0.353. The molecule has 0 aliphatic carbocycles. The summed E-state index contributed by atoms with van der Waals surface area (Å²) < 4.78 is 42.9. The number of alkyl halides is 3. The summed E-state index contributed by atoms with van der Waals surface area (Å²) >= 11 is 0. The lowest BCUT2D eigenvalue weighted by Gasteiger charge is -2.34. The summed E-state index contributed by atoms with van der Waals surface area (Å²) in [5.41, 5.74) is -0.530. The SMILES string of the molecule is COc1ccnc(N2CCN(C(=O)c3ccc(C(F)(F)F)cc3)CC2)n1. The van der Waals surface area contributed by atoms with Crippen LogP contribution in [0, 0.1) is 0 Å². The Morgan fingerprint density at radius 2 is 1.73 bits per heavy atom. The summed E-state index contributed by atoms with van der Waals surface area (Å²) in [5.74, 6) is 0.689. The van der Waals surface area contributed by atoms with Gasteiger partial charge in [-0.1, -0.05) is 0 Å². The van der Waals surface area contributed by atoms with Gasteiger partial charge in [-0.05, 0) is 24.3 Å². The smallest absolute Gasteiger partial charge is 0.416 e. The number of aromatic nitrogens is 2. The average molecular weight is 366 g/mol. The van der Waals surface area contributed by atoms with Gasteiger partial charge in [0.2, 0.25) is 11.8 Å². The Kier molecular flexibility index (Phi) is 4.97. The van der Waals surface area contributed by atoms with Crippen molar-refractivity contribution in [3.05, 3.63) is 47.7 Å². The van der Waals surface area contributed by atoms with Crippen LogP contribution in [0.15, 0.2) is 36.5 Å². The third-order valence-electron chi connectivity index (χ3n) is 4.14. The van der Waals surface area contributed by atoms with Gasteiger partial charge < -0.3 is 14.5 Å². The number of piperazine rings is 1. The summed E-state index contributed by atoms with van der Waals surface area (Å²) in [6, 6.07) is 5.92. The lowest BCUT2D eigenvalue weighted by atomic mass is 10.1. The minimum Gasteiger partial charge on any atom is -0.481 e. The maximum absolute atomic E-state index is 12.6. The van der Waals surface area contributed by atoms with Crippen molar-refractivity contribution >= 4 is 11.9 Å². The van der Waals surface area contributed by atoms with Crippen molar-refractivity contribution in [3.63, 3.8) is 0 Å². The predicted octanol–water partition coefficient (Wildman–Crippen LogP) is 2.47. The molecular weight excluding hydrogens is 349 g/mol. The van der Waals surface area contributed by atoms with Crippen molar-refractivity contribution in [3.8, 4) is 5.88 Å². The molecule has 0 saturated carbocycles. The molecule has 0 atom stereocenters. The van der Waals surface area contributed by atoms with Gasteiger partial charge in [-0.2, -0.15) is 18.2 Å². The first-order valence-electron chi connectivity index (χ1n) is 7.97. The van der Waals surface area contributed by atoms with Crippen molar-refractivity contribution in [2.75, 3.05) is 38.2 Å². The number of hydrogen-bond acceptors (Lipinski definition) is 5. The number of halogens is 3. The fourth-order valence-corrected chi connectivity index (χ4v) is 2.69. The van der Waals surface area contributed by atoms with E-state index in [9.17, 15) is 18.0 Å². The van der Waals surface area contributed by atoms with Gasteiger partial charge in [0, 0.05) is 44.0 Å². The van der Waals surface area contributed by atoms with Crippen LogP contribution < -0.4 is 9.64 Å². The van der Waals surface area contributed by atoms with E-state index in [-0.39, 0.29) is 11.5 Å². The van der Waals surface area contributed by atoms with E-state index in [4.69, 9.17) is 4.74 Å². The first kappa shape index (κ1) is 18.0. The van der Waals surface area contributed by atoms with E-state index in [1.54, 1.807) is 17.2 Å². The quantitative estimate of drug-likeness (QED) is 0.835. The Morgan fingerprint density at radius 1 is 1.08 bits per heavy atom. The van der Waals surface area contributed by atoms with Crippen molar-refractivity contribution in [2.24, 2.45) is 0 Å². The number of hydrogen-bond donors (Lipinski definition) is 0. The zero-order chi connectivity index (χ0) is 18.7. The number of amides is 1. The Morgan fingerprint density at radius 3 is 2.31 bits per heavy atom. The molecule has 1 saturated heterocycles. The van der Waals surface area contributed by atoms with Crippen LogP contribution in [0.1, 0.15) is 15.9 Å². The molecule has 1 aromatic carbocycles. The molecule has 26 heavy (non-hydrogen) atoms. The second kappa shape index (κ2) is 7.19. The molecule has 1 aliphatic rings. The molecular formula is C17H17F3N4O2. The number of rotatable bonds is 3. The highest BCUT2D eigenvalue weighted by Gasteiger charge is 2.31. The highest BCUT2D eigenvalue weighted by atomic mass is 19.4. The van der Waals surface area contributed by atoms with Crippen LogP contribution in [0.2, 0.25) is 0 Å².